The van der Waals surface area contributed by atoms with Crippen molar-refractivity contribution in [3.8, 4) is 5.75 Å². The molecule has 4 rings (SSSR count). The summed E-state index contributed by atoms with van der Waals surface area (Å²) in [7, 11) is 1.67. The molecule has 2 heterocycles. The Kier molecular flexibility index (Phi) is 5.40. The molecular formula is C22H23N3O3S. The van der Waals surface area contributed by atoms with Crippen LogP contribution in [0.2, 0.25) is 0 Å². The molecule has 0 spiro atoms. The number of piperazine rings is 1. The van der Waals surface area contributed by atoms with Crippen molar-refractivity contribution < 1.29 is 9.15 Å². The molecule has 0 bridgehead atoms. The predicted molar refractivity (Wildman–Crippen MR) is 120 cm³/mol. The lowest BCUT2D eigenvalue weighted by molar-refractivity contribution is 0.390. The van der Waals surface area contributed by atoms with E-state index in [1.54, 1.807) is 7.11 Å². The van der Waals surface area contributed by atoms with Crippen molar-refractivity contribution >= 4 is 39.7 Å². The van der Waals surface area contributed by atoms with Crippen LogP contribution in [0, 0.1) is 6.92 Å². The van der Waals surface area contributed by atoms with E-state index >= 15 is 0 Å². The van der Waals surface area contributed by atoms with Gasteiger partial charge in [-0.25, -0.2) is 4.79 Å². The number of aryl methyl sites for hydroxylation is 1. The summed E-state index contributed by atoms with van der Waals surface area (Å²) in [5, 5.41) is 4.87. The minimum absolute atomic E-state index is 0.343. The number of fused-ring (bicyclic) bond motifs is 1. The number of nitrogens with zero attached hydrogens (tertiary/aromatic N) is 2. The number of thiocarbonyl (C=S) groups is 1. The van der Waals surface area contributed by atoms with E-state index in [0.717, 1.165) is 48.6 Å². The topological polar surface area (TPSA) is 58.0 Å². The Bertz CT molecular complexity index is 1090. The Morgan fingerprint density at radius 1 is 1.07 bits per heavy atom. The zero-order valence-electron chi connectivity index (χ0n) is 16.5. The van der Waals surface area contributed by atoms with Crippen molar-refractivity contribution in [2.75, 3.05) is 43.5 Å². The molecular weight excluding hydrogens is 386 g/mol. The number of anilines is 2. The van der Waals surface area contributed by atoms with Crippen molar-refractivity contribution in [2.45, 2.75) is 6.92 Å². The van der Waals surface area contributed by atoms with E-state index in [-0.39, 0.29) is 5.63 Å². The maximum Gasteiger partial charge on any atom is 0.336 e. The summed E-state index contributed by atoms with van der Waals surface area (Å²) in [5.41, 5.74) is 3.12. The third-order valence-corrected chi connectivity index (χ3v) is 5.57. The molecule has 0 saturated carbocycles. The molecule has 1 N–H and O–H groups in total. The number of rotatable bonds is 3. The summed E-state index contributed by atoms with van der Waals surface area (Å²) in [5.74, 6) is 0.860. The van der Waals surface area contributed by atoms with Crippen molar-refractivity contribution in [3.05, 3.63) is 64.5 Å². The summed E-state index contributed by atoms with van der Waals surface area (Å²) in [6.07, 6.45) is 0. The Morgan fingerprint density at radius 2 is 1.79 bits per heavy atom. The van der Waals surface area contributed by atoms with Gasteiger partial charge in [0.2, 0.25) is 0 Å². The fraction of sp³-hybridized carbons (Fsp3) is 0.273. The lowest BCUT2D eigenvalue weighted by Gasteiger charge is -2.37. The Hall–Kier alpha value is -3.06. The fourth-order valence-corrected chi connectivity index (χ4v) is 3.87. The van der Waals surface area contributed by atoms with E-state index < -0.39 is 0 Å². The number of ether oxygens (including phenoxy) is 1. The molecule has 1 saturated heterocycles. The van der Waals surface area contributed by atoms with Crippen LogP contribution in [0.5, 0.6) is 5.75 Å². The van der Waals surface area contributed by atoms with Crippen LogP contribution in [0.15, 0.2) is 57.7 Å². The maximum absolute atomic E-state index is 11.6. The highest BCUT2D eigenvalue weighted by Crippen LogP contribution is 2.23. The molecule has 1 fully saturated rings. The Labute approximate surface area is 174 Å². The van der Waals surface area contributed by atoms with Gasteiger partial charge in [-0.2, -0.15) is 0 Å². The molecule has 7 heteroatoms. The van der Waals surface area contributed by atoms with Crippen LogP contribution in [0.3, 0.4) is 0 Å². The lowest BCUT2D eigenvalue weighted by Crippen LogP contribution is -2.50. The average molecular weight is 410 g/mol. The predicted octanol–water partition coefficient (Wildman–Crippen LogP) is 3.63. The Morgan fingerprint density at radius 3 is 2.48 bits per heavy atom. The monoisotopic (exact) mass is 409 g/mol. The van der Waals surface area contributed by atoms with Gasteiger partial charge in [-0.1, -0.05) is 0 Å². The van der Waals surface area contributed by atoms with Gasteiger partial charge in [0.05, 0.1) is 7.11 Å². The number of methoxy groups -OCH3 is 1. The summed E-state index contributed by atoms with van der Waals surface area (Å²) in [6.45, 7) is 5.35. The first-order valence-corrected chi connectivity index (χ1v) is 9.94. The van der Waals surface area contributed by atoms with Gasteiger partial charge in [0.25, 0.3) is 0 Å². The SMILES string of the molecule is COc1ccc(N2CCN(C(=S)Nc3ccc4c(C)cc(=O)oc4c3)CC2)cc1. The second-order valence-corrected chi connectivity index (χ2v) is 7.45. The molecule has 0 amide bonds. The van der Waals surface area contributed by atoms with Crippen molar-refractivity contribution in [1.29, 1.82) is 0 Å². The molecule has 1 aliphatic heterocycles. The molecule has 1 aliphatic rings. The first-order chi connectivity index (χ1) is 14.0. The Balaban J connectivity index is 1.39. The molecule has 150 valence electrons. The smallest absolute Gasteiger partial charge is 0.336 e. The van der Waals surface area contributed by atoms with E-state index in [1.807, 2.05) is 37.3 Å². The zero-order valence-corrected chi connectivity index (χ0v) is 17.3. The molecule has 6 nitrogen and oxygen atoms in total. The molecule has 0 unspecified atom stereocenters. The van der Waals surface area contributed by atoms with Crippen LogP contribution in [0.25, 0.3) is 11.0 Å². The summed E-state index contributed by atoms with van der Waals surface area (Å²) in [6, 6.07) is 15.3. The van der Waals surface area contributed by atoms with Crippen LogP contribution in [-0.4, -0.2) is 43.3 Å². The summed E-state index contributed by atoms with van der Waals surface area (Å²) in [4.78, 5) is 16.1. The fourth-order valence-electron chi connectivity index (χ4n) is 3.57. The highest BCUT2D eigenvalue weighted by Gasteiger charge is 2.19. The number of hydrogen-bond acceptors (Lipinski definition) is 5. The zero-order chi connectivity index (χ0) is 20.4. The normalized spacial score (nSPS) is 14.1. The molecule has 2 aromatic carbocycles. The van der Waals surface area contributed by atoms with E-state index in [0.29, 0.717) is 10.7 Å². The van der Waals surface area contributed by atoms with Gasteiger partial charge < -0.3 is 24.3 Å². The van der Waals surface area contributed by atoms with Gasteiger partial charge in [-0.3, -0.25) is 0 Å². The highest BCUT2D eigenvalue weighted by atomic mass is 32.1. The largest absolute Gasteiger partial charge is 0.497 e. The standard InChI is InChI=1S/C22H23N3O3S/c1-15-13-21(26)28-20-14-16(3-8-19(15)20)23-22(29)25-11-9-24(10-12-25)17-4-6-18(27-2)7-5-17/h3-8,13-14H,9-12H2,1-2H3,(H,23,29). The summed E-state index contributed by atoms with van der Waals surface area (Å²) < 4.78 is 10.5. The number of hydrogen-bond donors (Lipinski definition) is 1. The second-order valence-electron chi connectivity index (χ2n) is 7.06. The minimum atomic E-state index is -0.343. The van der Waals surface area contributed by atoms with Gasteiger partial charge >= 0.3 is 5.63 Å². The van der Waals surface area contributed by atoms with E-state index in [2.05, 4.69) is 27.2 Å². The molecule has 0 aliphatic carbocycles. The van der Waals surface area contributed by atoms with Crippen LogP contribution < -0.4 is 20.6 Å². The van der Waals surface area contributed by atoms with Gasteiger partial charge in [-0.05, 0) is 61.1 Å². The average Bonchev–Trinajstić information content (AvgIpc) is 2.73. The van der Waals surface area contributed by atoms with Crippen LogP contribution in [0.4, 0.5) is 11.4 Å². The van der Waals surface area contributed by atoms with Crippen LogP contribution in [-0.2, 0) is 0 Å². The number of benzene rings is 2. The third-order valence-electron chi connectivity index (χ3n) is 5.21. The van der Waals surface area contributed by atoms with Gasteiger partial charge in [0.1, 0.15) is 11.3 Å². The summed E-state index contributed by atoms with van der Waals surface area (Å²) >= 11 is 5.61. The highest BCUT2D eigenvalue weighted by molar-refractivity contribution is 7.80. The van der Waals surface area contributed by atoms with Crippen molar-refractivity contribution in [3.63, 3.8) is 0 Å². The quantitative estimate of drug-likeness (QED) is 0.524. The van der Waals surface area contributed by atoms with Crippen LogP contribution in [0.1, 0.15) is 5.56 Å². The maximum atomic E-state index is 11.6. The minimum Gasteiger partial charge on any atom is -0.497 e. The molecule has 0 atom stereocenters. The first kappa shape index (κ1) is 19.3. The molecule has 1 aromatic heterocycles. The first-order valence-electron chi connectivity index (χ1n) is 9.53. The molecule has 29 heavy (non-hydrogen) atoms. The lowest BCUT2D eigenvalue weighted by atomic mass is 10.1. The molecule has 3 aromatic rings. The van der Waals surface area contributed by atoms with Gasteiger partial charge in [0.15, 0.2) is 5.11 Å². The van der Waals surface area contributed by atoms with Gasteiger partial charge in [0, 0.05) is 55.1 Å². The van der Waals surface area contributed by atoms with Crippen LogP contribution >= 0.6 is 12.2 Å². The third kappa shape index (κ3) is 4.19. The number of nitrogens with one attached hydrogen (secondary N) is 1. The van der Waals surface area contributed by atoms with Crippen molar-refractivity contribution in [1.82, 2.24) is 4.90 Å². The van der Waals surface area contributed by atoms with E-state index in [9.17, 15) is 4.79 Å². The van der Waals surface area contributed by atoms with Gasteiger partial charge in [-0.15, -0.1) is 0 Å². The van der Waals surface area contributed by atoms with E-state index in [4.69, 9.17) is 21.4 Å². The van der Waals surface area contributed by atoms with E-state index in [1.165, 1.54) is 11.8 Å². The molecule has 0 radical (unpaired) electrons. The second kappa shape index (κ2) is 8.13. The van der Waals surface area contributed by atoms with Crippen molar-refractivity contribution in [2.24, 2.45) is 0 Å².